The molecule has 25 heavy (non-hydrogen) atoms. The zero-order chi connectivity index (χ0) is 18.6. The molecule has 2 amide bonds. The van der Waals surface area contributed by atoms with Crippen molar-refractivity contribution in [2.24, 2.45) is 0 Å². The van der Waals surface area contributed by atoms with Gasteiger partial charge in [0.15, 0.2) is 5.76 Å². The van der Waals surface area contributed by atoms with E-state index in [1.807, 2.05) is 0 Å². The van der Waals surface area contributed by atoms with E-state index in [2.05, 4.69) is 5.32 Å². The van der Waals surface area contributed by atoms with E-state index in [0.717, 1.165) is 12.1 Å². The van der Waals surface area contributed by atoms with Crippen LogP contribution in [-0.2, 0) is 15.8 Å². The molecule has 0 unspecified atom stereocenters. The van der Waals surface area contributed by atoms with Crippen molar-refractivity contribution in [1.82, 2.24) is 10.2 Å². The first kappa shape index (κ1) is 18.6. The Morgan fingerprint density at radius 1 is 1.40 bits per heavy atom. The summed E-state index contributed by atoms with van der Waals surface area (Å²) in [5.74, 6) is -1.66. The summed E-state index contributed by atoms with van der Waals surface area (Å²) in [6.45, 7) is 0.315. The van der Waals surface area contributed by atoms with Gasteiger partial charge < -0.3 is 20.1 Å². The van der Waals surface area contributed by atoms with Crippen molar-refractivity contribution in [3.63, 3.8) is 0 Å². The minimum atomic E-state index is -4.44. The van der Waals surface area contributed by atoms with Crippen molar-refractivity contribution >= 4 is 11.8 Å². The summed E-state index contributed by atoms with van der Waals surface area (Å²) in [5.41, 5.74) is -0.804. The number of benzene rings is 1. The van der Waals surface area contributed by atoms with Crippen molar-refractivity contribution < 1.29 is 32.6 Å². The van der Waals surface area contributed by atoms with E-state index < -0.39 is 29.3 Å². The standard InChI is InChI=1S/C16H17F3N2O4/c1-21-9-12(13(22)15(21)24)14(23)20-6-3-7-25-11-5-2-4-10(8-11)16(17,18)19/h2,4-5,8,22H,3,6-7,9H2,1H3,(H,20,23). The van der Waals surface area contributed by atoms with E-state index in [9.17, 15) is 27.9 Å². The first-order valence-corrected chi connectivity index (χ1v) is 7.46. The van der Waals surface area contributed by atoms with Gasteiger partial charge in [-0.25, -0.2) is 0 Å². The molecular formula is C16H17F3N2O4. The monoisotopic (exact) mass is 358 g/mol. The molecule has 1 heterocycles. The van der Waals surface area contributed by atoms with Gasteiger partial charge >= 0.3 is 6.18 Å². The molecular weight excluding hydrogens is 341 g/mol. The fraction of sp³-hybridized carbons (Fsp3) is 0.375. The first-order valence-electron chi connectivity index (χ1n) is 7.46. The molecule has 0 atom stereocenters. The van der Waals surface area contributed by atoms with Gasteiger partial charge in [0.1, 0.15) is 5.75 Å². The number of carbonyl (C=O) groups is 2. The Morgan fingerprint density at radius 2 is 2.12 bits per heavy atom. The number of ether oxygens (including phenoxy) is 1. The van der Waals surface area contributed by atoms with Crippen LogP contribution in [0.25, 0.3) is 0 Å². The zero-order valence-electron chi connectivity index (χ0n) is 13.4. The van der Waals surface area contributed by atoms with Gasteiger partial charge in [-0.05, 0) is 24.6 Å². The maximum atomic E-state index is 12.6. The maximum absolute atomic E-state index is 12.6. The van der Waals surface area contributed by atoms with Crippen LogP contribution in [0, 0.1) is 0 Å². The summed E-state index contributed by atoms with van der Waals surface area (Å²) in [6.07, 6.45) is -4.09. The highest BCUT2D eigenvalue weighted by molar-refractivity contribution is 6.06. The topological polar surface area (TPSA) is 78.9 Å². The first-order chi connectivity index (χ1) is 11.7. The Labute approximate surface area is 141 Å². The van der Waals surface area contributed by atoms with Gasteiger partial charge in [-0.3, -0.25) is 9.59 Å². The van der Waals surface area contributed by atoms with Crippen LogP contribution in [-0.4, -0.2) is 48.6 Å². The molecule has 0 spiro atoms. The zero-order valence-corrected chi connectivity index (χ0v) is 13.4. The van der Waals surface area contributed by atoms with Gasteiger partial charge in [0.2, 0.25) is 0 Å². The molecule has 0 radical (unpaired) electrons. The lowest BCUT2D eigenvalue weighted by Crippen LogP contribution is -2.29. The van der Waals surface area contributed by atoms with E-state index in [1.165, 1.54) is 24.1 Å². The van der Waals surface area contributed by atoms with E-state index in [-0.39, 0.29) is 31.0 Å². The van der Waals surface area contributed by atoms with Gasteiger partial charge in [0.05, 0.1) is 24.3 Å². The van der Waals surface area contributed by atoms with Crippen LogP contribution < -0.4 is 10.1 Å². The Bertz CT molecular complexity index is 701. The second-order valence-electron chi connectivity index (χ2n) is 5.47. The predicted octanol–water partition coefficient (Wildman–Crippen LogP) is 1.87. The van der Waals surface area contributed by atoms with Crippen LogP contribution in [0.3, 0.4) is 0 Å². The molecule has 2 N–H and O–H groups in total. The van der Waals surface area contributed by atoms with E-state index in [0.29, 0.717) is 6.42 Å². The lowest BCUT2D eigenvalue weighted by molar-refractivity contribution is -0.137. The van der Waals surface area contributed by atoms with Gasteiger partial charge in [0, 0.05) is 13.6 Å². The van der Waals surface area contributed by atoms with Crippen molar-refractivity contribution in [2.75, 3.05) is 26.7 Å². The third kappa shape index (κ3) is 4.65. The molecule has 1 aliphatic rings. The number of hydrogen-bond acceptors (Lipinski definition) is 4. The number of amides is 2. The van der Waals surface area contributed by atoms with Gasteiger partial charge in [0.25, 0.3) is 11.8 Å². The average molecular weight is 358 g/mol. The number of nitrogens with one attached hydrogen (secondary N) is 1. The Morgan fingerprint density at radius 3 is 2.72 bits per heavy atom. The molecule has 0 saturated heterocycles. The molecule has 1 aromatic rings. The summed E-state index contributed by atoms with van der Waals surface area (Å²) >= 11 is 0. The SMILES string of the molecule is CN1CC(C(=O)NCCCOc2cccc(C(F)(F)F)c2)=C(O)C1=O. The molecule has 1 aliphatic heterocycles. The van der Waals surface area contributed by atoms with Crippen LogP contribution in [0.1, 0.15) is 12.0 Å². The molecule has 0 bridgehead atoms. The van der Waals surface area contributed by atoms with Crippen molar-refractivity contribution in [3.8, 4) is 5.75 Å². The van der Waals surface area contributed by atoms with E-state index >= 15 is 0 Å². The minimum Gasteiger partial charge on any atom is -0.503 e. The predicted molar refractivity (Wildman–Crippen MR) is 81.9 cm³/mol. The molecule has 0 saturated carbocycles. The van der Waals surface area contributed by atoms with E-state index in [1.54, 1.807) is 0 Å². The van der Waals surface area contributed by atoms with E-state index in [4.69, 9.17) is 4.74 Å². The van der Waals surface area contributed by atoms with Gasteiger partial charge in [-0.2, -0.15) is 13.2 Å². The normalized spacial score (nSPS) is 14.9. The minimum absolute atomic E-state index is 0.00806. The maximum Gasteiger partial charge on any atom is 0.416 e. The molecule has 1 aromatic carbocycles. The van der Waals surface area contributed by atoms with Crippen LogP contribution in [0.15, 0.2) is 35.6 Å². The molecule has 0 aliphatic carbocycles. The highest BCUT2D eigenvalue weighted by Gasteiger charge is 2.31. The highest BCUT2D eigenvalue weighted by Crippen LogP contribution is 2.31. The number of aliphatic hydroxyl groups is 1. The van der Waals surface area contributed by atoms with Crippen molar-refractivity contribution in [2.45, 2.75) is 12.6 Å². The second-order valence-corrected chi connectivity index (χ2v) is 5.47. The summed E-state index contributed by atoms with van der Waals surface area (Å²) < 4.78 is 43.0. The average Bonchev–Trinajstić information content (AvgIpc) is 2.81. The smallest absolute Gasteiger partial charge is 0.416 e. The lowest BCUT2D eigenvalue weighted by atomic mass is 10.2. The Hall–Kier alpha value is -2.71. The summed E-state index contributed by atoms with van der Waals surface area (Å²) in [5, 5.41) is 12.1. The second kappa shape index (κ2) is 7.45. The van der Waals surface area contributed by atoms with Crippen molar-refractivity contribution in [1.29, 1.82) is 0 Å². The largest absolute Gasteiger partial charge is 0.503 e. The van der Waals surface area contributed by atoms with Crippen LogP contribution in [0.2, 0.25) is 0 Å². The Balaban J connectivity index is 1.76. The number of hydrogen-bond donors (Lipinski definition) is 2. The number of nitrogens with zero attached hydrogens (tertiary/aromatic N) is 1. The number of likely N-dealkylation sites (N-methyl/N-ethyl adjacent to an activating group) is 1. The quantitative estimate of drug-likeness (QED) is 0.761. The number of rotatable bonds is 6. The van der Waals surface area contributed by atoms with Crippen molar-refractivity contribution in [3.05, 3.63) is 41.2 Å². The number of aliphatic hydroxyl groups excluding tert-OH is 1. The number of alkyl halides is 3. The summed E-state index contributed by atoms with van der Waals surface area (Å²) in [4.78, 5) is 24.5. The van der Waals surface area contributed by atoms with Crippen LogP contribution in [0.4, 0.5) is 13.2 Å². The van der Waals surface area contributed by atoms with Crippen LogP contribution >= 0.6 is 0 Å². The lowest BCUT2D eigenvalue weighted by Gasteiger charge is -2.11. The third-order valence-corrected chi connectivity index (χ3v) is 3.54. The molecule has 2 rings (SSSR count). The van der Waals surface area contributed by atoms with Crippen LogP contribution in [0.5, 0.6) is 5.75 Å². The molecule has 9 heteroatoms. The summed E-state index contributed by atoms with van der Waals surface area (Å²) in [6, 6.07) is 4.52. The summed E-state index contributed by atoms with van der Waals surface area (Å²) in [7, 11) is 1.46. The highest BCUT2D eigenvalue weighted by atomic mass is 19.4. The Kier molecular flexibility index (Phi) is 5.55. The molecule has 136 valence electrons. The van der Waals surface area contributed by atoms with Gasteiger partial charge in [-0.1, -0.05) is 6.07 Å². The third-order valence-electron chi connectivity index (χ3n) is 3.54. The molecule has 0 aromatic heterocycles. The fourth-order valence-corrected chi connectivity index (χ4v) is 2.21. The molecule has 0 fully saturated rings. The fourth-order valence-electron chi connectivity index (χ4n) is 2.21. The number of carbonyl (C=O) groups excluding carboxylic acids is 2. The number of halogens is 3. The van der Waals surface area contributed by atoms with Gasteiger partial charge in [-0.15, -0.1) is 0 Å². The molecule has 6 nitrogen and oxygen atoms in total.